The molecule has 0 spiro atoms. The Hall–Kier alpha value is -1.26. The van der Waals surface area contributed by atoms with Crippen molar-refractivity contribution in [1.82, 2.24) is 4.90 Å². The lowest BCUT2D eigenvalue weighted by Gasteiger charge is -2.36. The molecule has 0 aromatic heterocycles. The third kappa shape index (κ3) is 4.12. The summed E-state index contributed by atoms with van der Waals surface area (Å²) in [5.41, 5.74) is 7.74. The Bertz CT molecular complexity index is 436. The second kappa shape index (κ2) is 7.50. The van der Waals surface area contributed by atoms with E-state index < -0.39 is 0 Å². The summed E-state index contributed by atoms with van der Waals surface area (Å²) in [5, 5.41) is 0. The van der Waals surface area contributed by atoms with Gasteiger partial charge in [0, 0.05) is 31.9 Å². The Labute approximate surface area is 126 Å². The number of rotatable bonds is 5. The van der Waals surface area contributed by atoms with Crippen LogP contribution < -0.4 is 10.6 Å². The minimum Gasteiger partial charge on any atom is -0.386 e. The first-order valence-electron chi connectivity index (χ1n) is 7.19. The van der Waals surface area contributed by atoms with Crippen molar-refractivity contribution in [1.29, 1.82) is 0 Å². The predicted octanol–water partition coefficient (Wildman–Crippen LogP) is 2.45. The van der Waals surface area contributed by atoms with Crippen LogP contribution in [-0.4, -0.2) is 49.3 Å². The van der Waals surface area contributed by atoms with Crippen molar-refractivity contribution >= 4 is 28.8 Å². The van der Waals surface area contributed by atoms with E-state index in [1.807, 2.05) is 12.1 Å². The van der Waals surface area contributed by atoms with Gasteiger partial charge < -0.3 is 10.6 Å². The van der Waals surface area contributed by atoms with Gasteiger partial charge in [0.15, 0.2) is 0 Å². The van der Waals surface area contributed by atoms with E-state index in [1.165, 1.54) is 18.7 Å². The summed E-state index contributed by atoms with van der Waals surface area (Å²) in [6.45, 7) is 7.91. The Morgan fingerprint density at radius 3 is 2.40 bits per heavy atom. The fourth-order valence-corrected chi connectivity index (χ4v) is 2.54. The maximum absolute atomic E-state index is 5.63. The average molecular weight is 295 g/mol. The van der Waals surface area contributed by atoms with Crippen LogP contribution >= 0.6 is 11.6 Å². The number of hydrogen-bond donors (Lipinski definition) is 1. The van der Waals surface area contributed by atoms with E-state index in [4.69, 9.17) is 17.3 Å². The van der Waals surface area contributed by atoms with Crippen molar-refractivity contribution in [2.24, 2.45) is 10.7 Å². The molecule has 2 rings (SSSR count). The summed E-state index contributed by atoms with van der Waals surface area (Å²) >= 11 is 5.63. The van der Waals surface area contributed by atoms with Crippen molar-refractivity contribution in [3.63, 3.8) is 0 Å². The minimum atomic E-state index is 0.265. The molecule has 1 saturated heterocycles. The molecule has 0 saturated carbocycles. The van der Waals surface area contributed by atoms with Gasteiger partial charge in [-0.3, -0.25) is 4.90 Å². The molecular formula is C15H23ClN4. The standard InChI is InChI=1S/C15H23ClN4/c1-2-7-19-8-10-20(11-9-19)14-5-3-13(4-6-14)18-15(17)12-16/h3-6H,2,7-12H2,1H3,(H2,17,18). The molecule has 2 N–H and O–H groups in total. The van der Waals surface area contributed by atoms with Crippen molar-refractivity contribution in [2.75, 3.05) is 43.5 Å². The molecule has 0 aliphatic carbocycles. The Kier molecular flexibility index (Phi) is 5.68. The van der Waals surface area contributed by atoms with E-state index in [0.717, 1.165) is 31.9 Å². The fraction of sp³-hybridized carbons (Fsp3) is 0.533. The Morgan fingerprint density at radius 2 is 1.85 bits per heavy atom. The molecule has 5 heteroatoms. The summed E-state index contributed by atoms with van der Waals surface area (Å²) in [6.07, 6.45) is 1.23. The summed E-state index contributed by atoms with van der Waals surface area (Å²) < 4.78 is 0. The molecular weight excluding hydrogens is 272 g/mol. The molecule has 1 aliphatic heterocycles. The van der Waals surface area contributed by atoms with Crippen LogP contribution in [0.25, 0.3) is 0 Å². The minimum absolute atomic E-state index is 0.265. The van der Waals surface area contributed by atoms with Gasteiger partial charge in [-0.1, -0.05) is 6.92 Å². The quantitative estimate of drug-likeness (QED) is 0.515. The molecule has 4 nitrogen and oxygen atoms in total. The van der Waals surface area contributed by atoms with Crippen molar-refractivity contribution in [2.45, 2.75) is 13.3 Å². The molecule has 0 atom stereocenters. The zero-order valence-corrected chi connectivity index (χ0v) is 12.8. The van der Waals surface area contributed by atoms with Gasteiger partial charge >= 0.3 is 0 Å². The first-order chi connectivity index (χ1) is 9.72. The Morgan fingerprint density at radius 1 is 1.20 bits per heavy atom. The lowest BCUT2D eigenvalue weighted by Crippen LogP contribution is -2.46. The first-order valence-corrected chi connectivity index (χ1v) is 7.72. The highest BCUT2D eigenvalue weighted by atomic mass is 35.5. The molecule has 0 radical (unpaired) electrons. The van der Waals surface area contributed by atoms with E-state index >= 15 is 0 Å². The van der Waals surface area contributed by atoms with Crippen LogP contribution in [0.15, 0.2) is 29.3 Å². The highest BCUT2D eigenvalue weighted by Crippen LogP contribution is 2.21. The van der Waals surface area contributed by atoms with Crippen LogP contribution in [-0.2, 0) is 0 Å². The lowest BCUT2D eigenvalue weighted by molar-refractivity contribution is 0.258. The van der Waals surface area contributed by atoms with E-state index in [9.17, 15) is 0 Å². The summed E-state index contributed by atoms with van der Waals surface area (Å²) in [4.78, 5) is 9.18. The predicted molar refractivity (Wildman–Crippen MR) is 87.4 cm³/mol. The number of piperazine rings is 1. The highest BCUT2D eigenvalue weighted by molar-refractivity contribution is 6.28. The largest absolute Gasteiger partial charge is 0.386 e. The number of amidine groups is 1. The first kappa shape index (κ1) is 15.1. The van der Waals surface area contributed by atoms with Gasteiger partial charge in [0.05, 0.1) is 11.6 Å². The van der Waals surface area contributed by atoms with Crippen molar-refractivity contribution < 1.29 is 0 Å². The molecule has 1 aromatic rings. The molecule has 1 aromatic carbocycles. The van der Waals surface area contributed by atoms with Crippen molar-refractivity contribution in [3.8, 4) is 0 Å². The average Bonchev–Trinajstić information content (AvgIpc) is 2.49. The third-order valence-corrected chi connectivity index (χ3v) is 3.81. The number of alkyl halides is 1. The van der Waals surface area contributed by atoms with Gasteiger partial charge in [-0.05, 0) is 37.2 Å². The van der Waals surface area contributed by atoms with Gasteiger partial charge in [-0.2, -0.15) is 0 Å². The van der Waals surface area contributed by atoms with Crippen LogP contribution in [0, 0.1) is 0 Å². The molecule has 1 fully saturated rings. The monoisotopic (exact) mass is 294 g/mol. The van der Waals surface area contributed by atoms with E-state index in [2.05, 4.69) is 33.8 Å². The van der Waals surface area contributed by atoms with Gasteiger partial charge in [0.1, 0.15) is 5.84 Å². The summed E-state index contributed by atoms with van der Waals surface area (Å²) in [7, 11) is 0. The topological polar surface area (TPSA) is 44.9 Å². The summed E-state index contributed by atoms with van der Waals surface area (Å²) in [5.74, 6) is 0.716. The number of halogens is 1. The molecule has 1 aliphatic rings. The molecule has 0 bridgehead atoms. The molecule has 110 valence electrons. The van der Waals surface area contributed by atoms with E-state index in [-0.39, 0.29) is 5.88 Å². The van der Waals surface area contributed by atoms with Crippen LogP contribution in [0.3, 0.4) is 0 Å². The number of aliphatic imine (C=N–C) groups is 1. The number of nitrogens with zero attached hydrogens (tertiary/aromatic N) is 3. The van der Waals surface area contributed by atoms with Crippen LogP contribution in [0.1, 0.15) is 13.3 Å². The number of nitrogens with two attached hydrogens (primary N) is 1. The lowest BCUT2D eigenvalue weighted by atomic mass is 10.2. The normalized spacial score (nSPS) is 17.5. The zero-order valence-electron chi connectivity index (χ0n) is 12.1. The summed E-state index contributed by atoms with van der Waals surface area (Å²) in [6, 6.07) is 8.20. The van der Waals surface area contributed by atoms with E-state index in [1.54, 1.807) is 0 Å². The van der Waals surface area contributed by atoms with Crippen LogP contribution in [0.5, 0.6) is 0 Å². The van der Waals surface area contributed by atoms with Gasteiger partial charge in [0.2, 0.25) is 0 Å². The van der Waals surface area contributed by atoms with Gasteiger partial charge in [-0.25, -0.2) is 4.99 Å². The van der Waals surface area contributed by atoms with Crippen molar-refractivity contribution in [3.05, 3.63) is 24.3 Å². The zero-order chi connectivity index (χ0) is 14.4. The smallest absolute Gasteiger partial charge is 0.115 e. The SMILES string of the molecule is CCCN1CCN(c2ccc(N=C(N)CCl)cc2)CC1. The van der Waals surface area contributed by atoms with Gasteiger partial charge in [0.25, 0.3) is 0 Å². The second-order valence-corrected chi connectivity index (χ2v) is 5.35. The van der Waals surface area contributed by atoms with E-state index in [0.29, 0.717) is 5.84 Å². The molecule has 20 heavy (non-hydrogen) atoms. The maximum atomic E-state index is 5.63. The fourth-order valence-electron chi connectivity index (χ4n) is 2.48. The Balaban J connectivity index is 1.94. The second-order valence-electron chi connectivity index (χ2n) is 5.08. The maximum Gasteiger partial charge on any atom is 0.115 e. The highest BCUT2D eigenvalue weighted by Gasteiger charge is 2.16. The molecule has 0 unspecified atom stereocenters. The number of hydrogen-bond acceptors (Lipinski definition) is 3. The number of anilines is 1. The number of benzene rings is 1. The molecule has 0 amide bonds. The third-order valence-electron chi connectivity index (χ3n) is 3.54. The molecule has 1 heterocycles. The van der Waals surface area contributed by atoms with Crippen LogP contribution in [0.2, 0.25) is 0 Å². The van der Waals surface area contributed by atoms with Gasteiger partial charge in [-0.15, -0.1) is 11.6 Å². The van der Waals surface area contributed by atoms with Crippen LogP contribution in [0.4, 0.5) is 11.4 Å².